The molecule has 24 heavy (non-hydrogen) atoms. The largest absolute Gasteiger partial charge is 0.490 e. The number of hydrogen-bond acceptors (Lipinski definition) is 3. The van der Waals surface area contributed by atoms with Crippen LogP contribution in [-0.2, 0) is 6.54 Å². The van der Waals surface area contributed by atoms with Crippen LogP contribution in [0.15, 0.2) is 16.6 Å². The summed E-state index contributed by atoms with van der Waals surface area (Å²) < 4.78 is 12.7. The SMILES string of the molecule is CCCCCCCCNCc1cc(OCC)c(OC(C)C)cc1Br. The molecule has 0 saturated carbocycles. The Labute approximate surface area is 156 Å². The second-order valence-corrected chi connectivity index (χ2v) is 7.29. The third-order valence-corrected chi connectivity index (χ3v) is 4.54. The highest BCUT2D eigenvalue weighted by Gasteiger charge is 2.12. The van der Waals surface area contributed by atoms with E-state index < -0.39 is 0 Å². The highest BCUT2D eigenvalue weighted by atomic mass is 79.9. The third-order valence-electron chi connectivity index (χ3n) is 3.80. The van der Waals surface area contributed by atoms with Crippen LogP contribution >= 0.6 is 15.9 Å². The van der Waals surface area contributed by atoms with Crippen LogP contribution in [0.2, 0.25) is 0 Å². The lowest BCUT2D eigenvalue weighted by Crippen LogP contribution is -2.15. The second-order valence-electron chi connectivity index (χ2n) is 6.43. The lowest BCUT2D eigenvalue weighted by Gasteiger charge is -2.17. The number of ether oxygens (including phenoxy) is 2. The quantitative estimate of drug-likeness (QED) is 0.407. The van der Waals surface area contributed by atoms with Crippen molar-refractivity contribution in [1.29, 1.82) is 0 Å². The first-order valence-corrected chi connectivity index (χ1v) is 10.2. The number of benzene rings is 1. The Morgan fingerprint density at radius 1 is 1.00 bits per heavy atom. The van der Waals surface area contributed by atoms with Gasteiger partial charge in [0.25, 0.3) is 0 Å². The molecule has 3 nitrogen and oxygen atoms in total. The fourth-order valence-electron chi connectivity index (χ4n) is 2.58. The summed E-state index contributed by atoms with van der Waals surface area (Å²) in [6.07, 6.45) is 8.10. The van der Waals surface area contributed by atoms with Crippen molar-refractivity contribution in [2.45, 2.75) is 78.9 Å². The van der Waals surface area contributed by atoms with Crippen LogP contribution in [-0.4, -0.2) is 19.3 Å². The predicted molar refractivity (Wildman–Crippen MR) is 106 cm³/mol. The van der Waals surface area contributed by atoms with E-state index in [0.717, 1.165) is 29.1 Å². The number of unbranched alkanes of at least 4 members (excludes halogenated alkanes) is 5. The summed E-state index contributed by atoms with van der Waals surface area (Å²) in [7, 11) is 0. The van der Waals surface area contributed by atoms with E-state index in [1.165, 1.54) is 44.1 Å². The maximum atomic E-state index is 5.85. The lowest BCUT2D eigenvalue weighted by molar-refractivity contribution is 0.223. The average Bonchev–Trinajstić information content (AvgIpc) is 2.53. The Kier molecular flexibility index (Phi) is 11.2. The van der Waals surface area contributed by atoms with Gasteiger partial charge in [-0.15, -0.1) is 0 Å². The van der Waals surface area contributed by atoms with Gasteiger partial charge in [-0.1, -0.05) is 55.0 Å². The van der Waals surface area contributed by atoms with Crippen molar-refractivity contribution in [2.75, 3.05) is 13.2 Å². The van der Waals surface area contributed by atoms with Crippen LogP contribution in [0.4, 0.5) is 0 Å². The molecule has 0 unspecified atom stereocenters. The summed E-state index contributed by atoms with van der Waals surface area (Å²) in [6.45, 7) is 10.9. The summed E-state index contributed by atoms with van der Waals surface area (Å²) in [5.74, 6) is 1.63. The molecule has 0 aliphatic heterocycles. The topological polar surface area (TPSA) is 30.5 Å². The van der Waals surface area contributed by atoms with Crippen LogP contribution in [0.3, 0.4) is 0 Å². The van der Waals surface area contributed by atoms with E-state index in [9.17, 15) is 0 Å². The fraction of sp³-hybridized carbons (Fsp3) is 0.700. The first-order valence-electron chi connectivity index (χ1n) is 9.41. The van der Waals surface area contributed by atoms with E-state index in [0.29, 0.717) is 6.61 Å². The maximum Gasteiger partial charge on any atom is 0.162 e. The Bertz CT molecular complexity index is 463. The fourth-order valence-corrected chi connectivity index (χ4v) is 3.04. The van der Waals surface area contributed by atoms with Gasteiger partial charge in [-0.3, -0.25) is 0 Å². The molecule has 1 N–H and O–H groups in total. The molecule has 0 radical (unpaired) electrons. The van der Waals surface area contributed by atoms with E-state index in [-0.39, 0.29) is 6.10 Å². The Hall–Kier alpha value is -0.740. The number of hydrogen-bond donors (Lipinski definition) is 1. The number of nitrogens with one attached hydrogen (secondary N) is 1. The van der Waals surface area contributed by atoms with Crippen molar-refractivity contribution in [3.05, 3.63) is 22.2 Å². The molecule has 0 atom stereocenters. The van der Waals surface area contributed by atoms with E-state index in [1.807, 2.05) is 26.8 Å². The molecule has 0 saturated heterocycles. The highest BCUT2D eigenvalue weighted by molar-refractivity contribution is 9.10. The summed E-state index contributed by atoms with van der Waals surface area (Å²) in [4.78, 5) is 0. The Morgan fingerprint density at radius 3 is 2.38 bits per heavy atom. The minimum atomic E-state index is 0.132. The first kappa shape index (κ1) is 21.3. The molecule has 0 aliphatic rings. The van der Waals surface area contributed by atoms with Gasteiger partial charge in [-0.2, -0.15) is 0 Å². The van der Waals surface area contributed by atoms with Gasteiger partial charge >= 0.3 is 0 Å². The minimum absolute atomic E-state index is 0.132. The number of rotatable bonds is 13. The molecular weight excluding hydrogens is 366 g/mol. The first-order chi connectivity index (χ1) is 11.6. The van der Waals surface area contributed by atoms with Crippen LogP contribution in [0, 0.1) is 0 Å². The standard InChI is InChI=1S/C20H34BrNO2/c1-5-7-8-9-10-11-12-22-15-17-13-19(23-6-2)20(14-18(17)21)24-16(3)4/h13-14,16,22H,5-12,15H2,1-4H3. The molecule has 0 heterocycles. The molecule has 4 heteroatoms. The van der Waals surface area contributed by atoms with E-state index in [4.69, 9.17) is 9.47 Å². The van der Waals surface area contributed by atoms with Gasteiger partial charge in [0.2, 0.25) is 0 Å². The predicted octanol–water partition coefficient (Wildman–Crippen LogP) is 6.09. The summed E-state index contributed by atoms with van der Waals surface area (Å²) in [5, 5.41) is 3.54. The van der Waals surface area contributed by atoms with Crippen LogP contribution < -0.4 is 14.8 Å². The number of halogens is 1. The van der Waals surface area contributed by atoms with Gasteiger partial charge in [-0.05, 0) is 51.4 Å². The van der Waals surface area contributed by atoms with Gasteiger partial charge in [-0.25, -0.2) is 0 Å². The Balaban J connectivity index is 2.48. The van der Waals surface area contributed by atoms with Gasteiger partial charge in [0.05, 0.1) is 12.7 Å². The molecule has 1 aromatic carbocycles. The van der Waals surface area contributed by atoms with Crippen molar-refractivity contribution < 1.29 is 9.47 Å². The molecule has 0 aromatic heterocycles. The molecule has 1 rings (SSSR count). The van der Waals surface area contributed by atoms with Gasteiger partial charge in [0.15, 0.2) is 11.5 Å². The highest BCUT2D eigenvalue weighted by Crippen LogP contribution is 2.34. The third kappa shape index (κ3) is 8.39. The van der Waals surface area contributed by atoms with Gasteiger partial charge < -0.3 is 14.8 Å². The lowest BCUT2D eigenvalue weighted by atomic mass is 10.1. The molecule has 0 amide bonds. The smallest absolute Gasteiger partial charge is 0.162 e. The summed E-state index contributed by atoms with van der Waals surface area (Å²) >= 11 is 3.66. The molecule has 0 fully saturated rings. The van der Waals surface area contributed by atoms with Gasteiger partial charge in [0.1, 0.15) is 0 Å². The van der Waals surface area contributed by atoms with Crippen LogP contribution in [0.5, 0.6) is 11.5 Å². The van der Waals surface area contributed by atoms with Crippen molar-refractivity contribution in [1.82, 2.24) is 5.32 Å². The van der Waals surface area contributed by atoms with Crippen molar-refractivity contribution in [3.8, 4) is 11.5 Å². The van der Waals surface area contributed by atoms with E-state index in [1.54, 1.807) is 0 Å². The molecule has 0 bridgehead atoms. The zero-order valence-electron chi connectivity index (χ0n) is 15.8. The van der Waals surface area contributed by atoms with Crippen molar-refractivity contribution >= 4 is 15.9 Å². The molecule has 0 spiro atoms. The minimum Gasteiger partial charge on any atom is -0.490 e. The van der Waals surface area contributed by atoms with Crippen LogP contribution in [0.1, 0.15) is 71.8 Å². The van der Waals surface area contributed by atoms with E-state index >= 15 is 0 Å². The van der Waals surface area contributed by atoms with Crippen LogP contribution in [0.25, 0.3) is 0 Å². The Morgan fingerprint density at radius 2 is 1.71 bits per heavy atom. The van der Waals surface area contributed by atoms with Gasteiger partial charge in [0, 0.05) is 11.0 Å². The summed E-state index contributed by atoms with van der Waals surface area (Å²) in [6, 6.07) is 4.10. The molecule has 0 aliphatic carbocycles. The monoisotopic (exact) mass is 399 g/mol. The zero-order valence-corrected chi connectivity index (χ0v) is 17.4. The second kappa shape index (κ2) is 12.6. The molecule has 138 valence electrons. The normalized spacial score (nSPS) is 11.1. The molecular formula is C20H34BrNO2. The summed E-state index contributed by atoms with van der Waals surface area (Å²) in [5.41, 5.74) is 1.21. The zero-order chi connectivity index (χ0) is 17.8. The van der Waals surface area contributed by atoms with E-state index in [2.05, 4.69) is 34.2 Å². The molecule has 1 aromatic rings. The maximum absolute atomic E-state index is 5.85. The van der Waals surface area contributed by atoms with Crippen molar-refractivity contribution in [2.24, 2.45) is 0 Å². The van der Waals surface area contributed by atoms with Crippen molar-refractivity contribution in [3.63, 3.8) is 0 Å². The average molecular weight is 400 g/mol.